The summed E-state index contributed by atoms with van der Waals surface area (Å²) < 4.78 is 15.7. The number of ether oxygens (including phenoxy) is 3. The van der Waals surface area contributed by atoms with E-state index in [9.17, 15) is 10.1 Å². The minimum absolute atomic E-state index is 0.0896. The standard InChI is InChI=1S/C21H19N3O4S/c1-26-15-5-4-13-8-14(11-22)21(24-18(13)9-15)29-12-20(25)23-17-7-6-16(27-2)10-19(17)28-3/h4-10H,12H2,1-3H3,(H,23,25). The van der Waals surface area contributed by atoms with Crippen molar-refractivity contribution in [3.63, 3.8) is 0 Å². The molecule has 0 fully saturated rings. The second kappa shape index (κ2) is 9.17. The van der Waals surface area contributed by atoms with Crippen LogP contribution in [0, 0.1) is 11.3 Å². The number of fused-ring (bicyclic) bond motifs is 1. The summed E-state index contributed by atoms with van der Waals surface area (Å²) >= 11 is 1.20. The highest BCUT2D eigenvalue weighted by Crippen LogP contribution is 2.30. The van der Waals surface area contributed by atoms with Gasteiger partial charge < -0.3 is 19.5 Å². The van der Waals surface area contributed by atoms with Gasteiger partial charge in [0.25, 0.3) is 0 Å². The van der Waals surface area contributed by atoms with Crippen molar-refractivity contribution in [1.29, 1.82) is 5.26 Å². The van der Waals surface area contributed by atoms with E-state index < -0.39 is 0 Å². The maximum Gasteiger partial charge on any atom is 0.234 e. The van der Waals surface area contributed by atoms with Crippen molar-refractivity contribution in [2.24, 2.45) is 0 Å². The summed E-state index contributed by atoms with van der Waals surface area (Å²) in [5, 5.41) is 13.6. The Labute approximate surface area is 172 Å². The Morgan fingerprint density at radius 1 is 1.07 bits per heavy atom. The molecule has 0 aliphatic carbocycles. The van der Waals surface area contributed by atoms with Crippen LogP contribution in [0.2, 0.25) is 0 Å². The number of thioether (sulfide) groups is 1. The van der Waals surface area contributed by atoms with E-state index in [0.717, 1.165) is 5.39 Å². The predicted octanol–water partition coefficient (Wildman–Crippen LogP) is 3.86. The van der Waals surface area contributed by atoms with Crippen molar-refractivity contribution >= 4 is 34.3 Å². The van der Waals surface area contributed by atoms with Gasteiger partial charge in [0.1, 0.15) is 28.3 Å². The molecule has 0 radical (unpaired) electrons. The number of hydrogen-bond donors (Lipinski definition) is 1. The molecule has 0 bridgehead atoms. The minimum Gasteiger partial charge on any atom is -0.497 e. The Morgan fingerprint density at radius 2 is 1.79 bits per heavy atom. The Hall–Kier alpha value is -3.44. The number of methoxy groups -OCH3 is 3. The summed E-state index contributed by atoms with van der Waals surface area (Å²) in [6.45, 7) is 0. The van der Waals surface area contributed by atoms with Gasteiger partial charge in [-0.05, 0) is 30.3 Å². The van der Waals surface area contributed by atoms with E-state index in [1.54, 1.807) is 44.6 Å². The van der Waals surface area contributed by atoms with E-state index in [1.807, 2.05) is 12.1 Å². The summed E-state index contributed by atoms with van der Waals surface area (Å²) in [5.74, 6) is 1.65. The normalized spacial score (nSPS) is 10.3. The second-order valence-corrected chi connectivity index (χ2v) is 6.88. The number of nitriles is 1. The smallest absolute Gasteiger partial charge is 0.234 e. The van der Waals surface area contributed by atoms with Crippen molar-refractivity contribution in [2.75, 3.05) is 32.4 Å². The number of benzene rings is 2. The van der Waals surface area contributed by atoms with Crippen LogP contribution in [0.25, 0.3) is 10.9 Å². The Kier molecular flexibility index (Phi) is 6.42. The van der Waals surface area contributed by atoms with E-state index >= 15 is 0 Å². The zero-order valence-electron chi connectivity index (χ0n) is 16.2. The Balaban J connectivity index is 1.76. The molecule has 0 saturated carbocycles. The van der Waals surface area contributed by atoms with Crippen molar-refractivity contribution in [2.45, 2.75) is 5.03 Å². The van der Waals surface area contributed by atoms with Gasteiger partial charge in [-0.2, -0.15) is 5.26 Å². The quantitative estimate of drug-likeness (QED) is 0.592. The maximum atomic E-state index is 12.4. The number of hydrogen-bond acceptors (Lipinski definition) is 7. The number of anilines is 1. The van der Waals surface area contributed by atoms with Crippen LogP contribution in [0.1, 0.15) is 5.56 Å². The zero-order chi connectivity index (χ0) is 20.8. The van der Waals surface area contributed by atoms with Gasteiger partial charge in [0.05, 0.1) is 43.8 Å². The number of amides is 1. The van der Waals surface area contributed by atoms with Crippen LogP contribution in [0.15, 0.2) is 47.5 Å². The molecule has 29 heavy (non-hydrogen) atoms. The lowest BCUT2D eigenvalue weighted by Crippen LogP contribution is -2.15. The zero-order valence-corrected chi connectivity index (χ0v) is 17.0. The topological polar surface area (TPSA) is 93.5 Å². The highest BCUT2D eigenvalue weighted by atomic mass is 32.2. The summed E-state index contributed by atoms with van der Waals surface area (Å²) in [7, 11) is 4.66. The van der Waals surface area contributed by atoms with Gasteiger partial charge in [-0.1, -0.05) is 11.8 Å². The van der Waals surface area contributed by atoms with Gasteiger partial charge in [0.15, 0.2) is 0 Å². The van der Waals surface area contributed by atoms with E-state index in [1.165, 1.54) is 18.9 Å². The number of carbonyl (C=O) groups excluding carboxylic acids is 1. The predicted molar refractivity (Wildman–Crippen MR) is 112 cm³/mol. The first-order valence-electron chi connectivity index (χ1n) is 8.61. The summed E-state index contributed by atoms with van der Waals surface area (Å²) in [5.41, 5.74) is 1.65. The van der Waals surface area contributed by atoms with Gasteiger partial charge in [0, 0.05) is 17.5 Å². The number of pyridine rings is 1. The second-order valence-electron chi connectivity index (χ2n) is 5.91. The van der Waals surface area contributed by atoms with E-state index in [4.69, 9.17) is 14.2 Å². The molecule has 0 aliphatic heterocycles. The molecule has 3 rings (SSSR count). The largest absolute Gasteiger partial charge is 0.497 e. The van der Waals surface area contributed by atoms with Crippen LogP contribution in [0.5, 0.6) is 17.2 Å². The molecule has 1 amide bonds. The summed E-state index contributed by atoms with van der Waals surface area (Å²) in [6, 6.07) is 14.5. The van der Waals surface area contributed by atoms with Gasteiger partial charge in [-0.15, -0.1) is 0 Å². The van der Waals surface area contributed by atoms with Crippen molar-refractivity contribution < 1.29 is 19.0 Å². The SMILES string of the molecule is COc1ccc(NC(=O)CSc2nc3cc(OC)ccc3cc2C#N)c(OC)c1. The number of nitrogens with zero attached hydrogens (tertiary/aromatic N) is 2. The van der Waals surface area contributed by atoms with E-state index in [0.29, 0.717) is 39.0 Å². The average molecular weight is 409 g/mol. The van der Waals surface area contributed by atoms with Gasteiger partial charge >= 0.3 is 0 Å². The van der Waals surface area contributed by atoms with Crippen LogP contribution in [-0.4, -0.2) is 38.0 Å². The third-order valence-corrected chi connectivity index (χ3v) is 5.12. The molecular formula is C21H19N3O4S. The molecule has 1 aromatic heterocycles. The number of aromatic nitrogens is 1. The maximum absolute atomic E-state index is 12.4. The lowest BCUT2D eigenvalue weighted by Gasteiger charge is -2.12. The third kappa shape index (κ3) is 4.70. The fraction of sp³-hybridized carbons (Fsp3) is 0.190. The molecule has 2 aromatic carbocycles. The lowest BCUT2D eigenvalue weighted by atomic mass is 10.1. The van der Waals surface area contributed by atoms with Crippen LogP contribution < -0.4 is 19.5 Å². The minimum atomic E-state index is -0.241. The molecule has 0 spiro atoms. The van der Waals surface area contributed by atoms with Crippen LogP contribution >= 0.6 is 11.8 Å². The molecule has 148 valence electrons. The van der Waals surface area contributed by atoms with Crippen molar-refractivity contribution in [1.82, 2.24) is 4.98 Å². The number of carbonyl (C=O) groups is 1. The monoisotopic (exact) mass is 409 g/mol. The van der Waals surface area contributed by atoms with E-state index in [-0.39, 0.29) is 11.7 Å². The van der Waals surface area contributed by atoms with Gasteiger partial charge in [0.2, 0.25) is 5.91 Å². The van der Waals surface area contributed by atoms with Crippen LogP contribution in [-0.2, 0) is 4.79 Å². The number of nitrogens with one attached hydrogen (secondary N) is 1. The van der Waals surface area contributed by atoms with E-state index in [2.05, 4.69) is 16.4 Å². The molecule has 0 unspecified atom stereocenters. The molecule has 0 aliphatic rings. The Morgan fingerprint density at radius 3 is 2.48 bits per heavy atom. The first-order valence-corrected chi connectivity index (χ1v) is 9.60. The molecule has 3 aromatic rings. The highest BCUT2D eigenvalue weighted by molar-refractivity contribution is 8.00. The van der Waals surface area contributed by atoms with Gasteiger partial charge in [-0.25, -0.2) is 4.98 Å². The summed E-state index contributed by atoms with van der Waals surface area (Å²) in [6.07, 6.45) is 0. The third-order valence-electron chi connectivity index (χ3n) is 4.13. The first kappa shape index (κ1) is 20.3. The molecule has 1 heterocycles. The number of rotatable bonds is 7. The molecule has 0 atom stereocenters. The fourth-order valence-electron chi connectivity index (χ4n) is 2.67. The van der Waals surface area contributed by atoms with Crippen molar-refractivity contribution in [3.05, 3.63) is 48.0 Å². The molecule has 1 N–H and O–H groups in total. The highest BCUT2D eigenvalue weighted by Gasteiger charge is 2.13. The van der Waals surface area contributed by atoms with Crippen molar-refractivity contribution in [3.8, 4) is 23.3 Å². The molecular weight excluding hydrogens is 390 g/mol. The molecule has 8 heteroatoms. The molecule has 0 saturated heterocycles. The summed E-state index contributed by atoms with van der Waals surface area (Å²) in [4.78, 5) is 17.0. The van der Waals surface area contributed by atoms with Crippen LogP contribution in [0.3, 0.4) is 0 Å². The average Bonchev–Trinajstić information content (AvgIpc) is 2.76. The lowest BCUT2D eigenvalue weighted by molar-refractivity contribution is -0.113. The fourth-order valence-corrected chi connectivity index (χ4v) is 3.43. The van der Waals surface area contributed by atoms with Gasteiger partial charge in [-0.3, -0.25) is 4.79 Å². The molecule has 7 nitrogen and oxygen atoms in total. The Bertz CT molecular complexity index is 1100. The van der Waals surface area contributed by atoms with Crippen LogP contribution in [0.4, 0.5) is 5.69 Å². The first-order chi connectivity index (χ1) is 14.1.